The Kier molecular flexibility index (Phi) is 5.56. The molecule has 30 heavy (non-hydrogen) atoms. The molecule has 0 spiro atoms. The maximum Gasteiger partial charge on any atom is 0.253 e. The molecule has 1 saturated heterocycles. The number of aromatic nitrogens is 2. The fourth-order valence-electron chi connectivity index (χ4n) is 3.16. The van der Waals surface area contributed by atoms with E-state index in [1.807, 2.05) is 41.3 Å². The summed E-state index contributed by atoms with van der Waals surface area (Å²) in [5, 5.41) is 11.4. The third-order valence-electron chi connectivity index (χ3n) is 4.36. The van der Waals surface area contributed by atoms with Crippen molar-refractivity contribution in [1.29, 1.82) is 0 Å². The molecule has 1 aromatic heterocycles. The average Bonchev–Trinajstić information content (AvgIpc) is 3.11. The molecule has 0 unspecified atom stereocenters. The van der Waals surface area contributed by atoms with Crippen molar-refractivity contribution in [1.82, 2.24) is 15.5 Å². The summed E-state index contributed by atoms with van der Waals surface area (Å²) in [6, 6.07) is 17.9. The first-order valence-electron chi connectivity index (χ1n) is 9.03. The third kappa shape index (κ3) is 4.69. The second kappa shape index (κ2) is 8.29. The van der Waals surface area contributed by atoms with Gasteiger partial charge in [0.2, 0.25) is 11.8 Å². The van der Waals surface area contributed by atoms with E-state index in [1.165, 1.54) is 0 Å². The van der Waals surface area contributed by atoms with Gasteiger partial charge in [-0.15, -0.1) is 9.50 Å². The first kappa shape index (κ1) is 20.1. The SMILES string of the molecule is CS(=O)(=O)/N=C1\NC[C@H](c2cccc(Oc3cccnn3)c2)N1c1ccc(Cl)cc1. The largest absolute Gasteiger partial charge is 0.438 e. The zero-order valence-electron chi connectivity index (χ0n) is 15.9. The van der Waals surface area contributed by atoms with Crippen LogP contribution in [0.25, 0.3) is 0 Å². The lowest BCUT2D eigenvalue weighted by molar-refractivity contribution is 0.454. The maximum atomic E-state index is 11.8. The highest BCUT2D eigenvalue weighted by atomic mass is 35.5. The lowest BCUT2D eigenvalue weighted by atomic mass is 10.1. The fraction of sp³-hybridized carbons (Fsp3) is 0.150. The Morgan fingerprint density at radius 1 is 1.17 bits per heavy atom. The number of nitrogens with one attached hydrogen (secondary N) is 1. The van der Waals surface area contributed by atoms with E-state index in [0.29, 0.717) is 23.2 Å². The number of sulfonamides is 1. The van der Waals surface area contributed by atoms with Crippen LogP contribution in [-0.2, 0) is 10.0 Å². The van der Waals surface area contributed by atoms with Gasteiger partial charge in [0.15, 0.2) is 0 Å². The van der Waals surface area contributed by atoms with Crippen LogP contribution in [0.4, 0.5) is 5.69 Å². The minimum absolute atomic E-state index is 0.211. The van der Waals surface area contributed by atoms with Crippen molar-refractivity contribution < 1.29 is 13.2 Å². The first-order valence-corrected chi connectivity index (χ1v) is 11.3. The van der Waals surface area contributed by atoms with Crippen LogP contribution in [-0.4, -0.2) is 37.4 Å². The number of rotatable bonds is 5. The van der Waals surface area contributed by atoms with E-state index in [1.54, 1.807) is 30.5 Å². The summed E-state index contributed by atoms with van der Waals surface area (Å²) >= 11 is 6.02. The zero-order chi connectivity index (χ0) is 21.1. The number of anilines is 1. The van der Waals surface area contributed by atoms with E-state index in [4.69, 9.17) is 16.3 Å². The molecule has 0 radical (unpaired) electrons. The van der Waals surface area contributed by atoms with Gasteiger partial charge in [-0.3, -0.25) is 0 Å². The summed E-state index contributed by atoms with van der Waals surface area (Å²) in [6.07, 6.45) is 2.63. The minimum atomic E-state index is -3.59. The van der Waals surface area contributed by atoms with Crippen molar-refractivity contribution in [2.45, 2.75) is 6.04 Å². The third-order valence-corrected chi connectivity index (χ3v) is 5.12. The van der Waals surface area contributed by atoms with E-state index in [-0.39, 0.29) is 12.0 Å². The van der Waals surface area contributed by atoms with Gasteiger partial charge in [-0.1, -0.05) is 23.7 Å². The average molecular weight is 444 g/mol. The fourth-order valence-corrected chi connectivity index (χ4v) is 3.76. The van der Waals surface area contributed by atoms with E-state index in [9.17, 15) is 8.42 Å². The molecule has 0 bridgehead atoms. The summed E-state index contributed by atoms with van der Waals surface area (Å²) in [4.78, 5) is 1.83. The topological polar surface area (TPSA) is 96.8 Å². The molecule has 10 heteroatoms. The summed E-state index contributed by atoms with van der Waals surface area (Å²) in [5.74, 6) is 1.23. The summed E-state index contributed by atoms with van der Waals surface area (Å²) in [7, 11) is -3.59. The monoisotopic (exact) mass is 443 g/mol. The van der Waals surface area contributed by atoms with Gasteiger partial charge in [0.1, 0.15) is 5.75 Å². The van der Waals surface area contributed by atoms with Gasteiger partial charge in [-0.25, -0.2) is 8.42 Å². The van der Waals surface area contributed by atoms with Crippen molar-refractivity contribution in [2.24, 2.45) is 4.40 Å². The van der Waals surface area contributed by atoms with E-state index < -0.39 is 10.0 Å². The first-order chi connectivity index (χ1) is 14.4. The second-order valence-corrected chi connectivity index (χ2v) is 8.71. The number of hydrogen-bond acceptors (Lipinski definition) is 5. The van der Waals surface area contributed by atoms with Crippen LogP contribution in [0.3, 0.4) is 0 Å². The van der Waals surface area contributed by atoms with E-state index in [2.05, 4.69) is 19.9 Å². The number of halogens is 1. The molecule has 1 fully saturated rings. The van der Waals surface area contributed by atoms with Crippen molar-refractivity contribution >= 4 is 33.3 Å². The highest BCUT2D eigenvalue weighted by Gasteiger charge is 2.33. The van der Waals surface area contributed by atoms with Crippen molar-refractivity contribution in [3.8, 4) is 11.6 Å². The molecule has 8 nitrogen and oxygen atoms in total. The Hall–Kier alpha value is -3.17. The van der Waals surface area contributed by atoms with Crippen molar-refractivity contribution in [2.75, 3.05) is 17.7 Å². The van der Waals surface area contributed by atoms with E-state index >= 15 is 0 Å². The molecule has 154 valence electrons. The number of guanidine groups is 1. The molecule has 3 aromatic rings. The van der Waals surface area contributed by atoms with Crippen LogP contribution in [0, 0.1) is 0 Å². The maximum absolute atomic E-state index is 11.8. The normalized spacial score (nSPS) is 17.7. The Morgan fingerprint density at radius 2 is 1.97 bits per heavy atom. The number of hydrogen-bond donors (Lipinski definition) is 1. The molecule has 4 rings (SSSR count). The van der Waals surface area contributed by atoms with Gasteiger partial charge in [0.05, 0.1) is 12.3 Å². The lowest BCUT2D eigenvalue weighted by Crippen LogP contribution is -2.32. The predicted octanol–water partition coefficient (Wildman–Crippen LogP) is 3.39. The van der Waals surface area contributed by atoms with Gasteiger partial charge in [-0.2, -0.15) is 5.10 Å². The molecule has 1 aliphatic rings. The zero-order valence-corrected chi connectivity index (χ0v) is 17.5. The molecule has 1 atom stereocenters. The van der Waals surface area contributed by atoms with Gasteiger partial charge in [-0.05, 0) is 48.0 Å². The highest BCUT2D eigenvalue weighted by molar-refractivity contribution is 7.89. The Bertz CT molecular complexity index is 1170. The van der Waals surface area contributed by atoms with Crippen molar-refractivity contribution in [3.63, 3.8) is 0 Å². The standard InChI is InChI=1S/C20H18ClN5O3S/c1-30(27,28)25-20-22-13-18(26(20)16-9-7-15(21)8-10-16)14-4-2-5-17(12-14)29-19-6-3-11-23-24-19/h2-12,18H,13H2,1H3,(H,22,25)/t18-/m1/s1. The van der Waals surface area contributed by atoms with Crippen LogP contribution in [0.15, 0.2) is 71.3 Å². The van der Waals surface area contributed by atoms with Crippen LogP contribution >= 0.6 is 11.6 Å². The number of nitrogens with zero attached hydrogens (tertiary/aromatic N) is 4. The molecule has 0 amide bonds. The predicted molar refractivity (Wildman–Crippen MR) is 116 cm³/mol. The minimum Gasteiger partial charge on any atom is -0.438 e. The van der Waals surface area contributed by atoms with Crippen LogP contribution in [0.5, 0.6) is 11.6 Å². The smallest absolute Gasteiger partial charge is 0.253 e. The van der Waals surface area contributed by atoms with Crippen molar-refractivity contribution in [3.05, 3.63) is 77.4 Å². The van der Waals surface area contributed by atoms with Gasteiger partial charge >= 0.3 is 0 Å². The van der Waals surface area contributed by atoms with E-state index in [0.717, 1.165) is 17.5 Å². The van der Waals surface area contributed by atoms with Crippen LogP contribution in [0.2, 0.25) is 5.02 Å². The summed E-state index contributed by atoms with van der Waals surface area (Å²) in [6.45, 7) is 0.464. The lowest BCUT2D eigenvalue weighted by Gasteiger charge is -2.26. The van der Waals surface area contributed by atoms with Gasteiger partial charge in [0, 0.05) is 29.5 Å². The number of ether oxygens (including phenoxy) is 1. The molecule has 1 aliphatic heterocycles. The molecular weight excluding hydrogens is 426 g/mol. The van der Waals surface area contributed by atoms with Crippen LogP contribution < -0.4 is 15.0 Å². The molecule has 2 aromatic carbocycles. The Morgan fingerprint density at radius 3 is 2.67 bits per heavy atom. The molecule has 0 saturated carbocycles. The quantitative estimate of drug-likeness (QED) is 0.645. The number of benzene rings is 2. The molecule has 2 heterocycles. The van der Waals surface area contributed by atoms with Gasteiger partial charge in [0.25, 0.3) is 10.0 Å². The Labute approximate surface area is 179 Å². The summed E-state index contributed by atoms with van der Waals surface area (Å²) in [5.41, 5.74) is 1.68. The second-order valence-electron chi connectivity index (χ2n) is 6.63. The molecular formula is C20H18ClN5O3S. The molecule has 0 aliphatic carbocycles. The van der Waals surface area contributed by atoms with Crippen LogP contribution in [0.1, 0.15) is 11.6 Å². The highest BCUT2D eigenvalue weighted by Crippen LogP contribution is 2.33. The van der Waals surface area contributed by atoms with Gasteiger partial charge < -0.3 is 15.0 Å². The summed E-state index contributed by atoms with van der Waals surface area (Å²) < 4.78 is 33.3. The Balaban J connectivity index is 1.70. The molecule has 1 N–H and O–H groups in total.